The first-order valence-electron chi connectivity index (χ1n) is 5.93. The number of hydrogen-bond acceptors (Lipinski definition) is 0. The van der Waals surface area contributed by atoms with E-state index in [1.54, 1.807) is 0 Å². The van der Waals surface area contributed by atoms with Crippen molar-refractivity contribution in [3.05, 3.63) is 35.9 Å². The molecule has 15 heavy (non-hydrogen) atoms. The molecule has 0 saturated heterocycles. The van der Waals surface area contributed by atoms with Crippen LogP contribution in [0.1, 0.15) is 57.4 Å². The number of hydrogen-bond donors (Lipinski definition) is 0. The van der Waals surface area contributed by atoms with Crippen molar-refractivity contribution >= 4 is 29.6 Å². The maximum absolute atomic E-state index is 2.28. The maximum atomic E-state index is 2.28. The van der Waals surface area contributed by atoms with Gasteiger partial charge in [0.2, 0.25) is 0 Å². The molecule has 0 saturated carbocycles. The molecule has 0 aromatic heterocycles. The molecule has 0 aliphatic rings. The van der Waals surface area contributed by atoms with Crippen LogP contribution in [0.4, 0.5) is 0 Å². The van der Waals surface area contributed by atoms with Gasteiger partial charge in [-0.25, -0.2) is 0 Å². The molecule has 0 aliphatic carbocycles. The van der Waals surface area contributed by atoms with E-state index in [1.165, 1.54) is 37.7 Å². The van der Waals surface area contributed by atoms with Crippen molar-refractivity contribution in [2.75, 3.05) is 0 Å². The standard InChI is InChI=1S/C14H22.Na.H/c1-3-5-10-13(9-4-2)14-11-7-6-8-12-14;;/h6-8,11-13H,3-5,9-10H2,1-2H3;;. The van der Waals surface area contributed by atoms with Gasteiger partial charge in [0.05, 0.1) is 0 Å². The Kier molecular flexibility index (Phi) is 9.58. The van der Waals surface area contributed by atoms with Crippen molar-refractivity contribution in [1.29, 1.82) is 0 Å². The predicted molar refractivity (Wildman–Crippen MR) is 70.8 cm³/mol. The van der Waals surface area contributed by atoms with Gasteiger partial charge in [0.1, 0.15) is 0 Å². The van der Waals surface area contributed by atoms with Gasteiger partial charge in [-0.1, -0.05) is 63.4 Å². The third-order valence-electron chi connectivity index (χ3n) is 2.81. The van der Waals surface area contributed by atoms with Crippen LogP contribution in [0.15, 0.2) is 30.3 Å². The molecule has 0 fully saturated rings. The molecule has 0 aliphatic heterocycles. The second-order valence-electron chi connectivity index (χ2n) is 4.04. The first kappa shape index (κ1) is 15.2. The minimum atomic E-state index is 0. The third-order valence-corrected chi connectivity index (χ3v) is 2.81. The van der Waals surface area contributed by atoms with Crippen LogP contribution in [0.5, 0.6) is 0 Å². The summed E-state index contributed by atoms with van der Waals surface area (Å²) in [5.41, 5.74) is 1.53. The van der Waals surface area contributed by atoms with Crippen LogP contribution < -0.4 is 0 Å². The van der Waals surface area contributed by atoms with E-state index in [2.05, 4.69) is 44.2 Å². The summed E-state index contributed by atoms with van der Waals surface area (Å²) in [7, 11) is 0. The normalized spacial score (nSPS) is 11.9. The summed E-state index contributed by atoms with van der Waals surface area (Å²) in [5, 5.41) is 0. The molecular formula is C14H23Na. The van der Waals surface area contributed by atoms with E-state index >= 15 is 0 Å². The molecule has 0 nitrogen and oxygen atoms in total. The third kappa shape index (κ3) is 5.75. The molecule has 0 bridgehead atoms. The summed E-state index contributed by atoms with van der Waals surface area (Å²) in [6.45, 7) is 4.55. The van der Waals surface area contributed by atoms with Gasteiger partial charge in [-0.2, -0.15) is 0 Å². The quantitative estimate of drug-likeness (QED) is 0.625. The Labute approximate surface area is 117 Å². The van der Waals surface area contributed by atoms with Crippen molar-refractivity contribution in [3.63, 3.8) is 0 Å². The summed E-state index contributed by atoms with van der Waals surface area (Å²) in [6, 6.07) is 11.0. The summed E-state index contributed by atoms with van der Waals surface area (Å²) >= 11 is 0. The number of unbranched alkanes of at least 4 members (excludes halogenated alkanes) is 1. The SMILES string of the molecule is CCCCC(CCC)c1ccccc1.[NaH]. The van der Waals surface area contributed by atoms with E-state index in [0.717, 1.165) is 5.92 Å². The van der Waals surface area contributed by atoms with Crippen molar-refractivity contribution in [2.24, 2.45) is 0 Å². The summed E-state index contributed by atoms with van der Waals surface area (Å²) in [6.07, 6.45) is 6.66. The minimum absolute atomic E-state index is 0. The molecule has 80 valence electrons. The molecule has 1 aromatic carbocycles. The molecule has 1 atom stereocenters. The molecule has 0 amide bonds. The molecule has 0 spiro atoms. The van der Waals surface area contributed by atoms with Crippen LogP contribution in [-0.4, -0.2) is 29.6 Å². The fourth-order valence-electron chi connectivity index (χ4n) is 2.00. The van der Waals surface area contributed by atoms with Gasteiger partial charge in [0.15, 0.2) is 0 Å². The van der Waals surface area contributed by atoms with Crippen LogP contribution in [0.25, 0.3) is 0 Å². The molecule has 1 aromatic rings. The molecular weight excluding hydrogens is 191 g/mol. The number of rotatable bonds is 6. The van der Waals surface area contributed by atoms with E-state index in [1.807, 2.05) is 0 Å². The molecule has 0 radical (unpaired) electrons. The van der Waals surface area contributed by atoms with Gasteiger partial charge in [-0.05, 0) is 24.3 Å². The molecule has 0 N–H and O–H groups in total. The second kappa shape index (κ2) is 9.45. The Bertz CT molecular complexity index is 230. The summed E-state index contributed by atoms with van der Waals surface area (Å²) in [4.78, 5) is 0. The number of benzene rings is 1. The first-order valence-corrected chi connectivity index (χ1v) is 5.93. The van der Waals surface area contributed by atoms with Crippen molar-refractivity contribution in [2.45, 2.75) is 51.9 Å². The molecule has 1 heteroatoms. The topological polar surface area (TPSA) is 0 Å². The van der Waals surface area contributed by atoms with E-state index < -0.39 is 0 Å². The van der Waals surface area contributed by atoms with Crippen LogP contribution in [0.3, 0.4) is 0 Å². The fraction of sp³-hybridized carbons (Fsp3) is 0.571. The van der Waals surface area contributed by atoms with E-state index in [9.17, 15) is 0 Å². The predicted octanol–water partition coefficient (Wildman–Crippen LogP) is 4.11. The average molecular weight is 214 g/mol. The van der Waals surface area contributed by atoms with Crippen LogP contribution >= 0.6 is 0 Å². The van der Waals surface area contributed by atoms with Gasteiger partial charge >= 0.3 is 29.6 Å². The van der Waals surface area contributed by atoms with Gasteiger partial charge in [0.25, 0.3) is 0 Å². The Balaban J connectivity index is 0.00000196. The van der Waals surface area contributed by atoms with Crippen LogP contribution in [0, 0.1) is 0 Å². The van der Waals surface area contributed by atoms with E-state index in [4.69, 9.17) is 0 Å². The second-order valence-corrected chi connectivity index (χ2v) is 4.04. The van der Waals surface area contributed by atoms with Crippen LogP contribution in [-0.2, 0) is 0 Å². The molecule has 1 rings (SSSR count). The van der Waals surface area contributed by atoms with Gasteiger partial charge in [-0.3, -0.25) is 0 Å². The van der Waals surface area contributed by atoms with E-state index in [0.29, 0.717) is 0 Å². The van der Waals surface area contributed by atoms with Gasteiger partial charge in [0, 0.05) is 0 Å². The van der Waals surface area contributed by atoms with Crippen LogP contribution in [0.2, 0.25) is 0 Å². The zero-order chi connectivity index (χ0) is 10.2. The van der Waals surface area contributed by atoms with Gasteiger partial charge in [-0.15, -0.1) is 0 Å². The molecule has 0 heterocycles. The van der Waals surface area contributed by atoms with E-state index in [-0.39, 0.29) is 29.6 Å². The van der Waals surface area contributed by atoms with Crippen molar-refractivity contribution in [1.82, 2.24) is 0 Å². The zero-order valence-corrected chi connectivity index (χ0v) is 9.50. The van der Waals surface area contributed by atoms with Crippen molar-refractivity contribution in [3.8, 4) is 0 Å². The Morgan fingerprint density at radius 1 is 0.933 bits per heavy atom. The summed E-state index contributed by atoms with van der Waals surface area (Å²) in [5.74, 6) is 0.793. The average Bonchev–Trinajstić information content (AvgIpc) is 2.25. The Morgan fingerprint density at radius 2 is 1.60 bits per heavy atom. The molecule has 1 unspecified atom stereocenters. The van der Waals surface area contributed by atoms with Gasteiger partial charge < -0.3 is 0 Å². The van der Waals surface area contributed by atoms with Crippen molar-refractivity contribution < 1.29 is 0 Å². The first-order chi connectivity index (χ1) is 6.88. The summed E-state index contributed by atoms with van der Waals surface area (Å²) < 4.78 is 0. The Hall–Kier alpha value is 0.220. The zero-order valence-electron chi connectivity index (χ0n) is 9.50. The Morgan fingerprint density at radius 3 is 2.13 bits per heavy atom. The monoisotopic (exact) mass is 214 g/mol. The fourth-order valence-corrected chi connectivity index (χ4v) is 2.00.